The van der Waals surface area contributed by atoms with Gasteiger partial charge in [0.1, 0.15) is 5.82 Å². The molecule has 25 heavy (non-hydrogen) atoms. The second-order valence-electron chi connectivity index (χ2n) is 4.85. The number of halogens is 4. The highest BCUT2D eigenvalue weighted by Crippen LogP contribution is 2.30. The molecule has 1 aromatic carbocycles. The van der Waals surface area contributed by atoms with E-state index in [9.17, 15) is 22.4 Å². The zero-order chi connectivity index (χ0) is 18.0. The zero-order valence-electron chi connectivity index (χ0n) is 12.3. The molecule has 3 aromatic rings. The van der Waals surface area contributed by atoms with E-state index in [-0.39, 0.29) is 11.7 Å². The number of thiazole rings is 1. The van der Waals surface area contributed by atoms with E-state index < -0.39 is 17.6 Å². The summed E-state index contributed by atoms with van der Waals surface area (Å²) in [4.78, 5) is 19.7. The number of hydrogen-bond donors (Lipinski definition) is 1. The van der Waals surface area contributed by atoms with Gasteiger partial charge in [0.15, 0.2) is 5.13 Å². The third-order valence-corrected chi connectivity index (χ3v) is 4.89. The van der Waals surface area contributed by atoms with Gasteiger partial charge in [-0.15, -0.1) is 0 Å². The first kappa shape index (κ1) is 17.6. The molecule has 130 valence electrons. The summed E-state index contributed by atoms with van der Waals surface area (Å²) in [5.74, 6) is -0.813. The predicted molar refractivity (Wildman–Crippen MR) is 88.2 cm³/mol. The lowest BCUT2D eigenvalue weighted by atomic mass is 10.3. The molecular formula is C15H9F4N3OS2. The number of hydrogen-bond acceptors (Lipinski definition) is 5. The van der Waals surface area contributed by atoms with Gasteiger partial charge in [0, 0.05) is 6.20 Å². The fraction of sp³-hybridized carbons (Fsp3) is 0.133. The number of alkyl halides is 3. The highest BCUT2D eigenvalue weighted by molar-refractivity contribution is 7.99. The number of nitrogens with zero attached hydrogens (tertiary/aromatic N) is 2. The Morgan fingerprint density at radius 2 is 2.04 bits per heavy atom. The minimum atomic E-state index is -4.44. The normalized spacial score (nSPS) is 11.7. The first-order valence-electron chi connectivity index (χ1n) is 6.83. The van der Waals surface area contributed by atoms with Crippen LogP contribution in [0.2, 0.25) is 0 Å². The molecule has 2 heterocycles. The van der Waals surface area contributed by atoms with E-state index in [0.717, 1.165) is 35.4 Å². The van der Waals surface area contributed by atoms with Gasteiger partial charge in [0.25, 0.3) is 0 Å². The minimum absolute atomic E-state index is 0.0390. The predicted octanol–water partition coefficient (Wildman–Crippen LogP) is 4.58. The van der Waals surface area contributed by atoms with Crippen LogP contribution in [0.5, 0.6) is 0 Å². The van der Waals surface area contributed by atoms with E-state index in [0.29, 0.717) is 20.4 Å². The molecule has 0 atom stereocenters. The molecule has 4 nitrogen and oxygen atoms in total. The molecule has 0 aliphatic rings. The van der Waals surface area contributed by atoms with Crippen LogP contribution in [-0.4, -0.2) is 21.6 Å². The number of nitrogens with one attached hydrogen (secondary N) is 1. The van der Waals surface area contributed by atoms with Crippen LogP contribution in [0.3, 0.4) is 0 Å². The molecule has 0 saturated carbocycles. The first-order valence-corrected chi connectivity index (χ1v) is 8.63. The Morgan fingerprint density at radius 3 is 2.72 bits per heavy atom. The van der Waals surface area contributed by atoms with Crippen molar-refractivity contribution in [1.82, 2.24) is 9.97 Å². The van der Waals surface area contributed by atoms with Crippen LogP contribution in [0.25, 0.3) is 10.2 Å². The van der Waals surface area contributed by atoms with Crippen molar-refractivity contribution in [2.24, 2.45) is 0 Å². The molecule has 0 radical (unpaired) electrons. The molecule has 0 bridgehead atoms. The lowest BCUT2D eigenvalue weighted by molar-refractivity contribution is -0.137. The summed E-state index contributed by atoms with van der Waals surface area (Å²) in [6.07, 6.45) is -3.72. The Hall–Kier alpha value is -2.20. The largest absolute Gasteiger partial charge is 0.417 e. The number of aromatic nitrogens is 2. The van der Waals surface area contributed by atoms with E-state index in [1.165, 1.54) is 24.3 Å². The van der Waals surface area contributed by atoms with Crippen molar-refractivity contribution in [3.8, 4) is 0 Å². The third-order valence-electron chi connectivity index (χ3n) is 3.01. The van der Waals surface area contributed by atoms with Gasteiger partial charge in [-0.1, -0.05) is 23.1 Å². The van der Waals surface area contributed by atoms with Gasteiger partial charge in [-0.3, -0.25) is 4.79 Å². The average molecular weight is 387 g/mol. The van der Waals surface area contributed by atoms with Crippen molar-refractivity contribution < 1.29 is 22.4 Å². The fourth-order valence-electron chi connectivity index (χ4n) is 1.88. The van der Waals surface area contributed by atoms with Crippen molar-refractivity contribution in [3.63, 3.8) is 0 Å². The van der Waals surface area contributed by atoms with Crippen LogP contribution >= 0.6 is 23.1 Å². The summed E-state index contributed by atoms with van der Waals surface area (Å²) < 4.78 is 51.1. The zero-order valence-corrected chi connectivity index (χ0v) is 13.9. The van der Waals surface area contributed by atoms with Crippen LogP contribution in [0.1, 0.15) is 5.56 Å². The van der Waals surface area contributed by atoms with Gasteiger partial charge in [0.05, 0.1) is 26.6 Å². The van der Waals surface area contributed by atoms with Gasteiger partial charge in [-0.2, -0.15) is 13.2 Å². The Labute approximate surface area is 147 Å². The number of fused-ring (bicyclic) bond motifs is 1. The number of anilines is 1. The molecule has 0 aliphatic carbocycles. The number of thioether (sulfide) groups is 1. The van der Waals surface area contributed by atoms with E-state index in [1.807, 2.05) is 0 Å². The minimum Gasteiger partial charge on any atom is -0.301 e. The van der Waals surface area contributed by atoms with Crippen LogP contribution in [-0.2, 0) is 11.0 Å². The van der Waals surface area contributed by atoms with Crippen molar-refractivity contribution >= 4 is 44.4 Å². The Bertz CT molecular complexity index is 909. The SMILES string of the molecule is O=C(CSc1ccc(C(F)(F)F)cn1)Nc1nc2ccc(F)cc2s1. The summed E-state index contributed by atoms with van der Waals surface area (Å²) in [5.41, 5.74) is -0.276. The number of benzene rings is 1. The Balaban J connectivity index is 1.58. The maximum atomic E-state index is 13.1. The Morgan fingerprint density at radius 1 is 1.24 bits per heavy atom. The molecule has 3 rings (SSSR count). The number of carbonyl (C=O) groups is 1. The van der Waals surface area contributed by atoms with Crippen LogP contribution in [0.15, 0.2) is 41.6 Å². The lowest BCUT2D eigenvalue weighted by Gasteiger charge is -2.06. The van der Waals surface area contributed by atoms with Crippen molar-refractivity contribution in [1.29, 1.82) is 0 Å². The topological polar surface area (TPSA) is 54.9 Å². The van der Waals surface area contributed by atoms with Crippen molar-refractivity contribution in [2.75, 3.05) is 11.1 Å². The molecule has 0 aliphatic heterocycles. The molecule has 1 amide bonds. The van der Waals surface area contributed by atoms with Gasteiger partial charge in [0.2, 0.25) is 5.91 Å². The van der Waals surface area contributed by atoms with Crippen LogP contribution < -0.4 is 5.32 Å². The molecule has 0 spiro atoms. The summed E-state index contributed by atoms with van der Waals surface area (Å²) in [5, 5.41) is 3.20. The molecule has 0 fully saturated rings. The smallest absolute Gasteiger partial charge is 0.301 e. The van der Waals surface area contributed by atoms with Gasteiger partial charge in [-0.05, 0) is 30.3 Å². The maximum absolute atomic E-state index is 13.1. The lowest BCUT2D eigenvalue weighted by Crippen LogP contribution is -2.14. The quantitative estimate of drug-likeness (QED) is 0.526. The summed E-state index contributed by atoms with van der Waals surface area (Å²) in [6.45, 7) is 0. The van der Waals surface area contributed by atoms with Gasteiger partial charge >= 0.3 is 6.18 Å². The van der Waals surface area contributed by atoms with E-state index in [4.69, 9.17) is 0 Å². The molecular weight excluding hydrogens is 378 g/mol. The molecule has 10 heteroatoms. The average Bonchev–Trinajstić information content (AvgIpc) is 2.93. The second-order valence-corrected chi connectivity index (χ2v) is 6.88. The van der Waals surface area contributed by atoms with Gasteiger partial charge < -0.3 is 5.32 Å². The van der Waals surface area contributed by atoms with E-state index in [1.54, 1.807) is 0 Å². The first-order chi connectivity index (χ1) is 11.8. The fourth-order valence-corrected chi connectivity index (χ4v) is 3.43. The number of carbonyl (C=O) groups excluding carboxylic acids is 1. The van der Waals surface area contributed by atoms with Crippen LogP contribution in [0, 0.1) is 5.82 Å². The van der Waals surface area contributed by atoms with Crippen molar-refractivity contribution in [2.45, 2.75) is 11.2 Å². The Kier molecular flexibility index (Phi) is 4.91. The van der Waals surface area contributed by atoms with E-state index in [2.05, 4.69) is 15.3 Å². The second kappa shape index (κ2) is 6.96. The monoisotopic (exact) mass is 387 g/mol. The number of rotatable bonds is 4. The highest BCUT2D eigenvalue weighted by Gasteiger charge is 2.30. The van der Waals surface area contributed by atoms with Crippen LogP contribution in [0.4, 0.5) is 22.7 Å². The van der Waals surface area contributed by atoms with Gasteiger partial charge in [-0.25, -0.2) is 14.4 Å². The summed E-state index contributed by atoms with van der Waals surface area (Å²) in [7, 11) is 0. The highest BCUT2D eigenvalue weighted by atomic mass is 32.2. The molecule has 0 unspecified atom stereocenters. The molecule has 2 aromatic heterocycles. The standard InChI is InChI=1S/C15H9F4N3OS2/c16-9-2-3-10-11(5-9)25-14(21-10)22-12(23)7-24-13-4-1-8(6-20-13)15(17,18)19/h1-6H,7H2,(H,21,22,23). The van der Waals surface area contributed by atoms with Crippen molar-refractivity contribution in [3.05, 3.63) is 47.9 Å². The van der Waals surface area contributed by atoms with E-state index >= 15 is 0 Å². The molecule has 0 saturated heterocycles. The molecule has 1 N–H and O–H groups in total. The number of amides is 1. The maximum Gasteiger partial charge on any atom is 0.417 e. The summed E-state index contributed by atoms with van der Waals surface area (Å²) >= 11 is 2.14. The number of pyridine rings is 1. The third kappa shape index (κ3) is 4.45. The summed E-state index contributed by atoms with van der Waals surface area (Å²) in [6, 6.07) is 6.23.